The number of ether oxygens (including phenoxy) is 2. The summed E-state index contributed by atoms with van der Waals surface area (Å²) in [5.74, 6) is 0.107. The molecule has 1 aliphatic heterocycles. The Bertz CT molecular complexity index is 893. The Morgan fingerprint density at radius 3 is 2.83 bits per heavy atom. The van der Waals surface area contributed by atoms with Crippen molar-refractivity contribution in [2.75, 3.05) is 46.0 Å². The number of hydrogen-bond acceptors (Lipinski definition) is 5. The number of morpholine rings is 1. The first-order valence-electron chi connectivity index (χ1n) is 10.1. The Hall–Kier alpha value is -2.09. The van der Waals surface area contributed by atoms with Crippen molar-refractivity contribution in [3.8, 4) is 5.75 Å². The molecule has 0 atom stereocenters. The van der Waals surface area contributed by atoms with E-state index in [0.29, 0.717) is 22.9 Å². The van der Waals surface area contributed by atoms with Crippen LogP contribution in [-0.4, -0.2) is 51.9 Å². The van der Waals surface area contributed by atoms with Gasteiger partial charge in [0, 0.05) is 17.5 Å². The molecule has 1 aromatic carbocycles. The van der Waals surface area contributed by atoms with E-state index in [-0.39, 0.29) is 12.5 Å². The Balaban J connectivity index is 1.58. The Kier molecular flexibility index (Phi) is 7.91. The number of fused-ring (bicyclic) bond motifs is 1. The zero-order valence-corrected chi connectivity index (χ0v) is 17.5. The minimum atomic E-state index is -0.403. The van der Waals surface area contributed by atoms with Crippen LogP contribution in [0.2, 0.25) is 5.02 Å². The molecule has 0 unspecified atom stereocenters. The predicted molar refractivity (Wildman–Crippen MR) is 111 cm³/mol. The number of unbranched alkanes of at least 4 members (excludes halogenated alkanes) is 1. The third kappa shape index (κ3) is 6.19. The molecule has 158 valence electrons. The highest BCUT2D eigenvalue weighted by molar-refractivity contribution is 6.32. The first-order valence-corrected chi connectivity index (χ1v) is 10.5. The van der Waals surface area contributed by atoms with Gasteiger partial charge >= 0.3 is 5.63 Å². The fourth-order valence-corrected chi connectivity index (χ4v) is 3.61. The largest absolute Gasteiger partial charge is 0.482 e. The fraction of sp³-hybridized carbons (Fsp3) is 0.524. The van der Waals surface area contributed by atoms with E-state index < -0.39 is 5.63 Å². The number of amides is 1. The molecule has 1 saturated heterocycles. The summed E-state index contributed by atoms with van der Waals surface area (Å²) in [4.78, 5) is 25.4. The number of benzene rings is 1. The van der Waals surface area contributed by atoms with Gasteiger partial charge in [-0.05, 0) is 24.5 Å². The van der Waals surface area contributed by atoms with Gasteiger partial charge in [-0.3, -0.25) is 4.79 Å². The second-order valence-corrected chi connectivity index (χ2v) is 7.63. The van der Waals surface area contributed by atoms with Crippen molar-refractivity contribution in [3.63, 3.8) is 0 Å². The van der Waals surface area contributed by atoms with Gasteiger partial charge in [-0.15, -0.1) is 0 Å². The van der Waals surface area contributed by atoms with Gasteiger partial charge in [0.2, 0.25) is 0 Å². The molecular weight excluding hydrogens is 396 g/mol. The van der Waals surface area contributed by atoms with Crippen LogP contribution in [0, 0.1) is 0 Å². The average molecular weight is 424 g/mol. The minimum absolute atomic E-state index is 0.149. The zero-order chi connectivity index (χ0) is 20.6. The van der Waals surface area contributed by atoms with E-state index >= 15 is 0 Å². The maximum atomic E-state index is 12.1. The van der Waals surface area contributed by atoms with Gasteiger partial charge in [0.25, 0.3) is 5.91 Å². The van der Waals surface area contributed by atoms with E-state index in [2.05, 4.69) is 12.2 Å². The lowest BCUT2D eigenvalue weighted by Gasteiger charge is -2.23. The number of hydrogen-bond donors (Lipinski definition) is 2. The van der Waals surface area contributed by atoms with Gasteiger partial charge in [-0.1, -0.05) is 24.9 Å². The SMILES string of the molecule is CCCCc1cc(=O)oc2cc(OCC(=O)NCC[NH+]3CCOCC3)c(Cl)cc12. The topological polar surface area (TPSA) is 82.2 Å². The molecule has 0 saturated carbocycles. The lowest BCUT2D eigenvalue weighted by atomic mass is 10.0. The van der Waals surface area contributed by atoms with E-state index in [0.717, 1.165) is 63.1 Å². The molecule has 2 N–H and O–H groups in total. The number of carbonyl (C=O) groups is 1. The number of nitrogens with one attached hydrogen (secondary N) is 2. The Morgan fingerprint density at radius 1 is 1.28 bits per heavy atom. The number of aryl methyl sites for hydroxylation is 1. The maximum absolute atomic E-state index is 12.1. The molecule has 7 nitrogen and oxygen atoms in total. The van der Waals surface area contributed by atoms with Crippen LogP contribution in [0.1, 0.15) is 25.3 Å². The molecule has 1 aromatic heterocycles. The third-order valence-electron chi connectivity index (χ3n) is 5.04. The van der Waals surface area contributed by atoms with Crippen LogP contribution in [0.25, 0.3) is 11.0 Å². The molecule has 2 heterocycles. The predicted octanol–water partition coefficient (Wildman–Crippen LogP) is 1.20. The second kappa shape index (κ2) is 10.6. The van der Waals surface area contributed by atoms with Crippen molar-refractivity contribution in [1.29, 1.82) is 0 Å². The highest BCUT2D eigenvalue weighted by Crippen LogP contribution is 2.31. The summed E-state index contributed by atoms with van der Waals surface area (Å²) in [5.41, 5.74) is 0.925. The Labute approximate surface area is 174 Å². The second-order valence-electron chi connectivity index (χ2n) is 7.22. The molecule has 0 aliphatic carbocycles. The monoisotopic (exact) mass is 423 g/mol. The highest BCUT2D eigenvalue weighted by Gasteiger charge is 2.15. The van der Waals surface area contributed by atoms with Crippen LogP contribution in [0.5, 0.6) is 5.75 Å². The molecule has 0 bridgehead atoms. The van der Waals surface area contributed by atoms with Gasteiger partial charge in [-0.25, -0.2) is 4.79 Å². The van der Waals surface area contributed by atoms with Crippen molar-refractivity contribution in [2.45, 2.75) is 26.2 Å². The average Bonchev–Trinajstić information content (AvgIpc) is 2.71. The van der Waals surface area contributed by atoms with Crippen molar-refractivity contribution < 1.29 is 23.6 Å². The number of carbonyl (C=O) groups excluding carboxylic acids is 1. The van der Waals surface area contributed by atoms with Gasteiger partial charge in [-0.2, -0.15) is 0 Å². The molecule has 0 radical (unpaired) electrons. The Morgan fingerprint density at radius 2 is 2.07 bits per heavy atom. The summed E-state index contributed by atoms with van der Waals surface area (Å²) in [6.07, 6.45) is 2.78. The van der Waals surface area contributed by atoms with Gasteiger partial charge in [0.15, 0.2) is 6.61 Å². The van der Waals surface area contributed by atoms with E-state index in [1.54, 1.807) is 12.1 Å². The zero-order valence-electron chi connectivity index (χ0n) is 16.7. The van der Waals surface area contributed by atoms with E-state index in [1.165, 1.54) is 11.0 Å². The van der Waals surface area contributed by atoms with Crippen molar-refractivity contribution in [2.24, 2.45) is 0 Å². The first-order chi connectivity index (χ1) is 14.1. The lowest BCUT2D eigenvalue weighted by Crippen LogP contribution is -3.14. The van der Waals surface area contributed by atoms with E-state index in [4.69, 9.17) is 25.5 Å². The van der Waals surface area contributed by atoms with Crippen molar-refractivity contribution >= 4 is 28.5 Å². The molecule has 2 aromatic rings. The molecular formula is C21H28ClN2O5+. The summed E-state index contributed by atoms with van der Waals surface area (Å²) < 4.78 is 16.2. The van der Waals surface area contributed by atoms with E-state index in [9.17, 15) is 9.59 Å². The third-order valence-corrected chi connectivity index (χ3v) is 5.34. The van der Waals surface area contributed by atoms with Crippen LogP contribution >= 0.6 is 11.6 Å². The smallest absolute Gasteiger partial charge is 0.336 e. The lowest BCUT2D eigenvalue weighted by molar-refractivity contribution is -0.906. The molecule has 8 heteroatoms. The fourth-order valence-electron chi connectivity index (χ4n) is 3.40. The molecule has 1 amide bonds. The van der Waals surface area contributed by atoms with Gasteiger partial charge in [0.05, 0.1) is 31.3 Å². The molecule has 1 aliphatic rings. The summed E-state index contributed by atoms with van der Waals surface area (Å²) >= 11 is 6.35. The normalized spacial score (nSPS) is 14.8. The molecule has 1 fully saturated rings. The van der Waals surface area contributed by atoms with Crippen LogP contribution in [0.3, 0.4) is 0 Å². The summed E-state index contributed by atoms with van der Waals surface area (Å²) in [6, 6.07) is 4.83. The standard InChI is InChI=1S/C21H27ClN2O5/c1-2-3-4-15-11-21(26)29-18-13-19(17(22)12-16(15)18)28-14-20(25)23-5-6-24-7-9-27-10-8-24/h11-13H,2-10,14H2,1H3,(H,23,25)/p+1. The number of rotatable bonds is 9. The number of quaternary nitrogens is 1. The van der Waals surface area contributed by atoms with Gasteiger partial charge in [0.1, 0.15) is 24.4 Å². The van der Waals surface area contributed by atoms with Crippen LogP contribution in [0.4, 0.5) is 0 Å². The molecule has 0 spiro atoms. The van der Waals surface area contributed by atoms with E-state index in [1.807, 2.05) is 0 Å². The summed E-state index contributed by atoms with van der Waals surface area (Å²) in [6.45, 7) is 6.85. The summed E-state index contributed by atoms with van der Waals surface area (Å²) in [5, 5.41) is 4.04. The quantitative estimate of drug-likeness (QED) is 0.592. The molecule has 3 rings (SSSR count). The molecule has 29 heavy (non-hydrogen) atoms. The maximum Gasteiger partial charge on any atom is 0.336 e. The van der Waals surface area contributed by atoms with Crippen LogP contribution < -0.4 is 20.6 Å². The van der Waals surface area contributed by atoms with Crippen molar-refractivity contribution in [1.82, 2.24) is 5.32 Å². The van der Waals surface area contributed by atoms with Crippen LogP contribution in [-0.2, 0) is 16.0 Å². The highest BCUT2D eigenvalue weighted by atomic mass is 35.5. The first kappa shape index (κ1) is 21.6. The number of halogens is 1. The summed E-state index contributed by atoms with van der Waals surface area (Å²) in [7, 11) is 0. The van der Waals surface area contributed by atoms with Crippen LogP contribution in [0.15, 0.2) is 27.4 Å². The van der Waals surface area contributed by atoms with Gasteiger partial charge < -0.3 is 24.1 Å². The van der Waals surface area contributed by atoms with Crippen molar-refractivity contribution in [3.05, 3.63) is 39.2 Å². The minimum Gasteiger partial charge on any atom is -0.482 e.